The number of benzene rings is 2. The van der Waals surface area contributed by atoms with E-state index in [1.165, 1.54) is 16.4 Å². The Labute approximate surface area is 177 Å². The minimum Gasteiger partial charge on any atom is -0.324 e. The van der Waals surface area contributed by atoms with Crippen LogP contribution in [0, 0.1) is 17.0 Å². The Kier molecular flexibility index (Phi) is 6.35. The summed E-state index contributed by atoms with van der Waals surface area (Å²) in [6, 6.07) is 9.33. The summed E-state index contributed by atoms with van der Waals surface area (Å²) in [6.45, 7) is 2.14. The Bertz CT molecular complexity index is 1040. The molecule has 10 heteroatoms. The summed E-state index contributed by atoms with van der Waals surface area (Å²) in [5.74, 6) is -0.403. The average molecular weight is 482 g/mol. The quantitative estimate of drug-likeness (QED) is 0.514. The number of non-ortho nitro benzene ring substituents is 1. The maximum absolute atomic E-state index is 13.1. The molecule has 1 saturated heterocycles. The predicted molar refractivity (Wildman–Crippen MR) is 112 cm³/mol. The van der Waals surface area contributed by atoms with Crippen LogP contribution in [0.15, 0.2) is 51.8 Å². The molecule has 1 aliphatic heterocycles. The van der Waals surface area contributed by atoms with Crippen LogP contribution in [0.5, 0.6) is 0 Å². The molecule has 1 aliphatic rings. The second-order valence-corrected chi connectivity index (χ2v) is 9.60. The Morgan fingerprint density at radius 2 is 1.90 bits per heavy atom. The van der Waals surface area contributed by atoms with E-state index in [4.69, 9.17) is 0 Å². The number of nitrogens with one attached hydrogen (secondary N) is 1. The van der Waals surface area contributed by atoms with Gasteiger partial charge in [0.2, 0.25) is 15.9 Å². The molecule has 8 nitrogen and oxygen atoms in total. The third-order valence-corrected chi connectivity index (χ3v) is 7.37. The fraction of sp³-hybridized carbons (Fsp3) is 0.316. The van der Waals surface area contributed by atoms with Crippen molar-refractivity contribution in [3.05, 3.63) is 62.6 Å². The molecule has 1 fully saturated rings. The number of nitro benzene ring substituents is 1. The van der Waals surface area contributed by atoms with Gasteiger partial charge in [-0.15, -0.1) is 0 Å². The van der Waals surface area contributed by atoms with Crippen LogP contribution < -0.4 is 5.32 Å². The van der Waals surface area contributed by atoms with Gasteiger partial charge < -0.3 is 5.32 Å². The number of carbonyl (C=O) groups excluding carboxylic acids is 1. The molecule has 1 N–H and O–H groups in total. The van der Waals surface area contributed by atoms with E-state index in [9.17, 15) is 23.3 Å². The largest absolute Gasteiger partial charge is 0.324 e. The van der Waals surface area contributed by atoms with Gasteiger partial charge in [-0.2, -0.15) is 4.31 Å². The molecule has 1 atom stereocenters. The predicted octanol–water partition coefficient (Wildman–Crippen LogP) is 3.85. The number of nitrogens with zero attached hydrogens (tertiary/aromatic N) is 2. The van der Waals surface area contributed by atoms with Gasteiger partial charge in [0.05, 0.1) is 15.5 Å². The Balaban J connectivity index is 1.86. The lowest BCUT2D eigenvalue weighted by Gasteiger charge is -2.33. The number of amides is 1. The number of rotatable bonds is 5. The monoisotopic (exact) mass is 481 g/mol. The lowest BCUT2D eigenvalue weighted by atomic mass is 10.0. The number of aryl methyl sites for hydroxylation is 1. The van der Waals surface area contributed by atoms with E-state index in [1.807, 2.05) is 19.1 Å². The highest BCUT2D eigenvalue weighted by atomic mass is 79.9. The van der Waals surface area contributed by atoms with Crippen LogP contribution in [0.4, 0.5) is 11.4 Å². The number of piperidine rings is 1. The van der Waals surface area contributed by atoms with Gasteiger partial charge in [0, 0.05) is 23.2 Å². The first-order chi connectivity index (χ1) is 13.7. The molecule has 1 heterocycles. The summed E-state index contributed by atoms with van der Waals surface area (Å²) in [6.07, 6.45) is 1.78. The molecule has 0 spiro atoms. The molecule has 0 bridgehead atoms. The van der Waals surface area contributed by atoms with Crippen LogP contribution in [-0.2, 0) is 14.8 Å². The van der Waals surface area contributed by atoms with Crippen LogP contribution in [0.25, 0.3) is 0 Å². The van der Waals surface area contributed by atoms with Gasteiger partial charge >= 0.3 is 0 Å². The van der Waals surface area contributed by atoms with Crippen molar-refractivity contribution in [1.82, 2.24) is 4.31 Å². The molecule has 2 aromatic carbocycles. The molecule has 0 saturated carbocycles. The molecule has 3 rings (SSSR count). The number of nitro groups is 1. The molecule has 0 radical (unpaired) electrons. The van der Waals surface area contributed by atoms with Crippen LogP contribution in [0.3, 0.4) is 0 Å². The third-order valence-electron chi connectivity index (χ3n) is 4.79. The first-order valence-electron chi connectivity index (χ1n) is 9.03. The second kappa shape index (κ2) is 8.60. The number of hydrogen-bond donors (Lipinski definition) is 1. The fourth-order valence-corrected chi connectivity index (χ4v) is 5.52. The molecule has 29 heavy (non-hydrogen) atoms. The highest BCUT2D eigenvalue weighted by Crippen LogP contribution is 2.29. The molecular formula is C19H20BrN3O5S. The van der Waals surface area contributed by atoms with E-state index >= 15 is 0 Å². The van der Waals surface area contributed by atoms with Gasteiger partial charge in [-0.25, -0.2) is 8.42 Å². The maximum Gasteiger partial charge on any atom is 0.269 e. The van der Waals surface area contributed by atoms with Crippen LogP contribution in [0.2, 0.25) is 0 Å². The minimum absolute atomic E-state index is 0.0701. The molecule has 0 aromatic heterocycles. The SMILES string of the molecule is Cc1ccc(NC(=O)C2CCCCN2S(=O)(=O)c2ccc([N+](=O)[O-])cc2)c(Br)c1. The zero-order valence-electron chi connectivity index (χ0n) is 15.7. The average Bonchev–Trinajstić information content (AvgIpc) is 2.70. The summed E-state index contributed by atoms with van der Waals surface area (Å²) in [5, 5.41) is 13.6. The van der Waals surface area contributed by atoms with Gasteiger partial charge in [-0.05, 0) is 65.5 Å². The Morgan fingerprint density at radius 1 is 1.21 bits per heavy atom. The summed E-state index contributed by atoms with van der Waals surface area (Å²) >= 11 is 3.41. The number of hydrogen-bond acceptors (Lipinski definition) is 5. The van der Waals surface area contributed by atoms with Crippen molar-refractivity contribution < 1.29 is 18.1 Å². The van der Waals surface area contributed by atoms with E-state index in [0.29, 0.717) is 23.0 Å². The van der Waals surface area contributed by atoms with Crippen molar-refractivity contribution in [2.75, 3.05) is 11.9 Å². The van der Waals surface area contributed by atoms with Gasteiger partial charge in [0.15, 0.2) is 0 Å². The van der Waals surface area contributed by atoms with Crippen LogP contribution in [0.1, 0.15) is 24.8 Å². The second-order valence-electron chi connectivity index (χ2n) is 6.85. The summed E-state index contributed by atoms with van der Waals surface area (Å²) in [4.78, 5) is 23.1. The Hall–Kier alpha value is -2.30. The number of sulfonamides is 1. The van der Waals surface area contributed by atoms with E-state index in [-0.39, 0.29) is 17.1 Å². The zero-order chi connectivity index (χ0) is 21.2. The van der Waals surface area contributed by atoms with Crippen LogP contribution in [-0.4, -0.2) is 36.1 Å². The van der Waals surface area contributed by atoms with Gasteiger partial charge in [0.1, 0.15) is 6.04 Å². The molecule has 1 unspecified atom stereocenters. The van der Waals surface area contributed by atoms with Crippen molar-refractivity contribution >= 4 is 43.2 Å². The standard InChI is InChI=1S/C19H20BrN3O5S/c1-13-5-10-17(16(20)12-13)21-19(24)18-4-2-3-11-22(18)29(27,28)15-8-6-14(7-9-15)23(25)26/h5-10,12,18H,2-4,11H2,1H3,(H,21,24). The highest BCUT2D eigenvalue weighted by Gasteiger charge is 2.38. The number of anilines is 1. The first kappa shape index (κ1) is 21.4. The lowest BCUT2D eigenvalue weighted by Crippen LogP contribution is -2.49. The van der Waals surface area contributed by atoms with Crippen molar-refractivity contribution in [2.45, 2.75) is 37.1 Å². The van der Waals surface area contributed by atoms with E-state index in [2.05, 4.69) is 21.2 Å². The van der Waals surface area contributed by atoms with Gasteiger partial charge in [-0.3, -0.25) is 14.9 Å². The minimum atomic E-state index is -3.97. The summed E-state index contributed by atoms with van der Waals surface area (Å²) in [7, 11) is -3.97. The Morgan fingerprint density at radius 3 is 2.52 bits per heavy atom. The first-order valence-corrected chi connectivity index (χ1v) is 11.3. The van der Waals surface area contributed by atoms with E-state index < -0.39 is 26.9 Å². The molecule has 2 aromatic rings. The molecular weight excluding hydrogens is 462 g/mol. The van der Waals surface area contributed by atoms with Gasteiger partial charge in [-0.1, -0.05) is 12.5 Å². The molecule has 154 valence electrons. The van der Waals surface area contributed by atoms with Crippen LogP contribution >= 0.6 is 15.9 Å². The smallest absolute Gasteiger partial charge is 0.269 e. The van der Waals surface area contributed by atoms with Crippen molar-refractivity contribution in [3.8, 4) is 0 Å². The van der Waals surface area contributed by atoms with Crippen molar-refractivity contribution in [1.29, 1.82) is 0 Å². The van der Waals surface area contributed by atoms with E-state index in [1.54, 1.807) is 6.07 Å². The summed E-state index contributed by atoms with van der Waals surface area (Å²) < 4.78 is 28.1. The normalized spacial score (nSPS) is 17.7. The molecule has 1 amide bonds. The lowest BCUT2D eigenvalue weighted by molar-refractivity contribution is -0.384. The van der Waals surface area contributed by atoms with E-state index in [0.717, 1.165) is 24.1 Å². The van der Waals surface area contributed by atoms with Gasteiger partial charge in [0.25, 0.3) is 5.69 Å². The maximum atomic E-state index is 13.1. The fourth-order valence-electron chi connectivity index (χ4n) is 3.27. The summed E-state index contributed by atoms with van der Waals surface area (Å²) in [5.41, 5.74) is 1.40. The number of halogens is 1. The topological polar surface area (TPSA) is 110 Å². The zero-order valence-corrected chi connectivity index (χ0v) is 18.1. The van der Waals surface area contributed by atoms with Crippen molar-refractivity contribution in [3.63, 3.8) is 0 Å². The third kappa shape index (κ3) is 4.65. The highest BCUT2D eigenvalue weighted by molar-refractivity contribution is 9.10. The number of carbonyl (C=O) groups is 1. The molecule has 0 aliphatic carbocycles. The van der Waals surface area contributed by atoms with Crippen molar-refractivity contribution in [2.24, 2.45) is 0 Å².